The van der Waals surface area contributed by atoms with Crippen LogP contribution in [0.3, 0.4) is 0 Å². The number of ether oxygens (including phenoxy) is 2. The molecule has 37 heavy (non-hydrogen) atoms. The van der Waals surface area contributed by atoms with Crippen LogP contribution in [-0.2, 0) is 9.59 Å². The fraction of sp³-hybridized carbons (Fsp3) is 0.0800. The van der Waals surface area contributed by atoms with Gasteiger partial charge in [-0.2, -0.15) is 0 Å². The fourth-order valence-electron chi connectivity index (χ4n) is 3.50. The molecule has 3 aromatic carbocycles. The zero-order chi connectivity index (χ0) is 26.9. The van der Waals surface area contributed by atoms with Gasteiger partial charge < -0.3 is 20.1 Å². The first-order valence-corrected chi connectivity index (χ1v) is 12.0. The second kappa shape index (κ2) is 10.9. The Balaban J connectivity index is 1.57. The summed E-state index contributed by atoms with van der Waals surface area (Å²) < 4.78 is 10.5. The number of amides is 3. The molecule has 8 nitrogen and oxygen atoms in total. The van der Waals surface area contributed by atoms with E-state index < -0.39 is 17.7 Å². The molecule has 3 aromatic rings. The molecular weight excluding hydrogens is 564 g/mol. The van der Waals surface area contributed by atoms with Crippen LogP contribution in [0.4, 0.5) is 17.1 Å². The predicted molar refractivity (Wildman–Crippen MR) is 144 cm³/mol. The lowest BCUT2D eigenvalue weighted by molar-refractivity contribution is -0.120. The Morgan fingerprint density at radius 2 is 1.57 bits per heavy atom. The highest BCUT2D eigenvalue weighted by atomic mass is 35.5. The van der Waals surface area contributed by atoms with Gasteiger partial charge in [0.2, 0.25) is 0 Å². The lowest BCUT2D eigenvalue weighted by Gasteiger charge is -2.17. The molecule has 0 radical (unpaired) electrons. The van der Waals surface area contributed by atoms with Crippen molar-refractivity contribution >= 4 is 81.2 Å². The third-order valence-electron chi connectivity index (χ3n) is 5.31. The van der Waals surface area contributed by atoms with Crippen LogP contribution in [0.25, 0.3) is 0 Å². The van der Waals surface area contributed by atoms with E-state index in [2.05, 4.69) is 10.6 Å². The number of rotatable bonds is 7. The van der Waals surface area contributed by atoms with Gasteiger partial charge in [0.1, 0.15) is 22.2 Å². The molecule has 0 fully saturated rings. The van der Waals surface area contributed by atoms with Crippen LogP contribution >= 0.6 is 46.4 Å². The van der Waals surface area contributed by atoms with Crippen LogP contribution in [0, 0.1) is 0 Å². The minimum absolute atomic E-state index is 0.0291. The second-order valence-electron chi connectivity index (χ2n) is 7.58. The molecule has 0 aliphatic carbocycles. The summed E-state index contributed by atoms with van der Waals surface area (Å²) in [6.07, 6.45) is 0. The molecule has 0 spiro atoms. The van der Waals surface area contributed by atoms with Crippen LogP contribution in [0.2, 0.25) is 15.1 Å². The third kappa shape index (κ3) is 5.33. The zero-order valence-electron chi connectivity index (χ0n) is 19.2. The number of hydrogen-bond acceptors (Lipinski definition) is 6. The lowest BCUT2D eigenvalue weighted by atomic mass is 10.1. The number of benzene rings is 3. The minimum Gasteiger partial charge on any atom is -0.497 e. The summed E-state index contributed by atoms with van der Waals surface area (Å²) in [5.74, 6) is -1.03. The smallest absolute Gasteiger partial charge is 0.283 e. The van der Waals surface area contributed by atoms with E-state index in [1.807, 2.05) is 0 Å². The van der Waals surface area contributed by atoms with E-state index >= 15 is 0 Å². The zero-order valence-corrected chi connectivity index (χ0v) is 22.2. The van der Waals surface area contributed by atoms with Gasteiger partial charge in [-0.05, 0) is 42.5 Å². The van der Waals surface area contributed by atoms with Crippen molar-refractivity contribution in [3.05, 3.63) is 86.0 Å². The number of halogens is 4. The summed E-state index contributed by atoms with van der Waals surface area (Å²) in [5.41, 5.74) is 0.832. The first-order valence-electron chi connectivity index (χ1n) is 10.5. The molecule has 12 heteroatoms. The fourth-order valence-corrected chi connectivity index (χ4v) is 4.34. The van der Waals surface area contributed by atoms with Crippen molar-refractivity contribution in [1.82, 2.24) is 0 Å². The molecule has 1 heterocycles. The normalized spacial score (nSPS) is 13.2. The van der Waals surface area contributed by atoms with Gasteiger partial charge in [-0.15, -0.1) is 0 Å². The van der Waals surface area contributed by atoms with Gasteiger partial charge in [0.15, 0.2) is 0 Å². The second-order valence-corrected chi connectivity index (χ2v) is 9.18. The average molecular weight is 581 g/mol. The van der Waals surface area contributed by atoms with Gasteiger partial charge in [0, 0.05) is 17.3 Å². The Labute approximate surface area is 231 Å². The maximum absolute atomic E-state index is 13.1. The largest absolute Gasteiger partial charge is 0.497 e. The van der Waals surface area contributed by atoms with E-state index in [0.29, 0.717) is 22.9 Å². The van der Waals surface area contributed by atoms with Gasteiger partial charge in [-0.25, -0.2) is 4.90 Å². The first kappa shape index (κ1) is 26.6. The molecule has 0 aromatic heterocycles. The Hall–Kier alpha value is -3.43. The number of imide groups is 1. The SMILES string of the molecule is COc1ccc(OC)c(NC(=O)c2cccc(NC3=C(Cl)C(=O)N(c4cc(Cl)c(Cl)cc4Cl)C3=O)c2)c1. The van der Waals surface area contributed by atoms with Crippen LogP contribution in [-0.4, -0.2) is 31.9 Å². The molecule has 0 saturated heterocycles. The topological polar surface area (TPSA) is 97.0 Å². The first-order chi connectivity index (χ1) is 17.6. The molecule has 2 N–H and O–H groups in total. The highest BCUT2D eigenvalue weighted by molar-refractivity contribution is 6.54. The van der Waals surface area contributed by atoms with Crippen molar-refractivity contribution in [1.29, 1.82) is 0 Å². The summed E-state index contributed by atoms with van der Waals surface area (Å²) in [6, 6.07) is 13.9. The number of carbonyl (C=O) groups is 3. The van der Waals surface area contributed by atoms with Crippen molar-refractivity contribution in [2.45, 2.75) is 0 Å². The molecular formula is C25H17Cl4N3O5. The van der Waals surface area contributed by atoms with Gasteiger partial charge >= 0.3 is 0 Å². The van der Waals surface area contributed by atoms with Crippen molar-refractivity contribution < 1.29 is 23.9 Å². The number of carbonyl (C=O) groups excluding carboxylic acids is 3. The highest BCUT2D eigenvalue weighted by Crippen LogP contribution is 2.39. The van der Waals surface area contributed by atoms with Crippen LogP contribution in [0.1, 0.15) is 10.4 Å². The maximum atomic E-state index is 13.1. The molecule has 1 aliphatic heterocycles. The van der Waals surface area contributed by atoms with Gasteiger partial charge in [0.25, 0.3) is 17.7 Å². The number of nitrogens with zero attached hydrogens (tertiary/aromatic N) is 1. The van der Waals surface area contributed by atoms with E-state index in [1.165, 1.54) is 32.4 Å². The molecule has 0 atom stereocenters. The summed E-state index contributed by atoms with van der Waals surface area (Å²) in [6.45, 7) is 0. The number of hydrogen-bond donors (Lipinski definition) is 2. The Morgan fingerprint density at radius 1 is 0.838 bits per heavy atom. The van der Waals surface area contributed by atoms with E-state index in [4.69, 9.17) is 55.9 Å². The van der Waals surface area contributed by atoms with Crippen LogP contribution < -0.4 is 25.0 Å². The quantitative estimate of drug-likeness (QED) is 0.249. The van der Waals surface area contributed by atoms with Crippen molar-refractivity contribution in [2.24, 2.45) is 0 Å². The van der Waals surface area contributed by atoms with E-state index in [0.717, 1.165) is 4.90 Å². The molecule has 190 valence electrons. The van der Waals surface area contributed by atoms with Gasteiger partial charge in [-0.1, -0.05) is 52.5 Å². The summed E-state index contributed by atoms with van der Waals surface area (Å²) >= 11 is 24.4. The molecule has 0 unspecified atom stereocenters. The number of anilines is 3. The van der Waals surface area contributed by atoms with Crippen LogP contribution in [0.15, 0.2) is 65.3 Å². The molecule has 4 rings (SSSR count). The van der Waals surface area contributed by atoms with Gasteiger partial charge in [-0.3, -0.25) is 14.4 Å². The summed E-state index contributed by atoms with van der Waals surface area (Å²) in [7, 11) is 2.99. The minimum atomic E-state index is -0.798. The molecule has 1 aliphatic rings. The predicted octanol–water partition coefficient (Wildman–Crippen LogP) is 6.35. The van der Waals surface area contributed by atoms with Crippen molar-refractivity contribution in [3.63, 3.8) is 0 Å². The molecule has 0 bridgehead atoms. The molecule has 3 amide bonds. The lowest BCUT2D eigenvalue weighted by Crippen LogP contribution is -2.32. The number of nitrogens with one attached hydrogen (secondary N) is 2. The van der Waals surface area contributed by atoms with E-state index in [-0.39, 0.29) is 37.0 Å². The third-order valence-corrected chi connectivity index (χ3v) is 6.68. The van der Waals surface area contributed by atoms with Gasteiger partial charge in [0.05, 0.1) is 40.7 Å². The van der Waals surface area contributed by atoms with Crippen molar-refractivity contribution in [3.8, 4) is 11.5 Å². The standard InChI is InChI=1S/C25H17Cl4N3O5/c1-36-14-6-7-20(37-2)18(9-14)31-23(33)12-4-3-5-13(8-12)30-22-21(29)24(34)32(25(22)35)19-11-16(27)15(26)10-17(19)28/h3-11,30H,1-2H3,(H,31,33). The summed E-state index contributed by atoms with van der Waals surface area (Å²) in [4.78, 5) is 39.7. The maximum Gasteiger partial charge on any atom is 0.283 e. The number of methoxy groups -OCH3 is 2. The Morgan fingerprint density at radius 3 is 2.27 bits per heavy atom. The summed E-state index contributed by atoms with van der Waals surface area (Å²) in [5, 5.41) is 5.53. The average Bonchev–Trinajstić information content (AvgIpc) is 3.09. The monoisotopic (exact) mass is 579 g/mol. The highest BCUT2D eigenvalue weighted by Gasteiger charge is 2.40. The van der Waals surface area contributed by atoms with Crippen molar-refractivity contribution in [2.75, 3.05) is 29.8 Å². The van der Waals surface area contributed by atoms with Crippen LogP contribution in [0.5, 0.6) is 11.5 Å². The van der Waals surface area contributed by atoms with E-state index in [9.17, 15) is 14.4 Å². The van der Waals surface area contributed by atoms with E-state index in [1.54, 1.807) is 36.4 Å². The Bertz CT molecular complexity index is 1470. The molecule has 0 saturated carbocycles. The Kier molecular flexibility index (Phi) is 7.85.